The Morgan fingerprint density at radius 3 is 1.02 bits per heavy atom. The van der Waals surface area contributed by atoms with Crippen molar-refractivity contribution in [3.63, 3.8) is 0 Å². The first-order valence-corrected chi connectivity index (χ1v) is 18.2. The fourth-order valence-corrected chi connectivity index (χ4v) is 3.79. The molecule has 12 nitrogen and oxygen atoms in total. The second-order valence-electron chi connectivity index (χ2n) is 9.86. The van der Waals surface area contributed by atoms with E-state index in [2.05, 4.69) is 19.6 Å². The van der Waals surface area contributed by atoms with E-state index in [1.54, 1.807) is 6.07 Å². The van der Waals surface area contributed by atoms with Gasteiger partial charge in [0.25, 0.3) is 0 Å². The summed E-state index contributed by atoms with van der Waals surface area (Å²) in [4.78, 5) is 0. The molecule has 0 saturated heterocycles. The lowest BCUT2D eigenvalue weighted by atomic mass is 10.3. The van der Waals surface area contributed by atoms with Crippen molar-refractivity contribution < 1.29 is 51.8 Å². The van der Waals surface area contributed by atoms with Crippen molar-refractivity contribution >= 4 is 14.0 Å². The standard InChI is InChI=1S/C29H55NO11Si/c1-42(2,3)41-27-25-39-23-21-37-19-17-35-15-13-33-11-9-31-8-10-32-12-14-34-16-18-36-20-22-38-24-26-40-29-7-5-4-6-28(29)30/h4-7H,8-27,30H2,1-3H3. The summed E-state index contributed by atoms with van der Waals surface area (Å²) >= 11 is 0. The predicted octanol–water partition coefficient (Wildman–Crippen LogP) is 2.65. The van der Waals surface area contributed by atoms with Gasteiger partial charge in [-0.25, -0.2) is 0 Å². The molecule has 0 aliphatic heterocycles. The fraction of sp³-hybridized carbons (Fsp3) is 0.793. The van der Waals surface area contributed by atoms with Crippen molar-refractivity contribution in [2.45, 2.75) is 19.6 Å². The first kappa shape index (κ1) is 38.7. The molecule has 0 heterocycles. The Hall–Kier alpha value is -1.36. The van der Waals surface area contributed by atoms with E-state index in [0.717, 1.165) is 0 Å². The fourth-order valence-electron chi connectivity index (χ4n) is 3.09. The molecule has 42 heavy (non-hydrogen) atoms. The van der Waals surface area contributed by atoms with Crippen molar-refractivity contribution in [3.05, 3.63) is 24.3 Å². The van der Waals surface area contributed by atoms with Gasteiger partial charge in [0, 0.05) is 0 Å². The van der Waals surface area contributed by atoms with Gasteiger partial charge in [0.1, 0.15) is 12.4 Å². The lowest BCUT2D eigenvalue weighted by Crippen LogP contribution is -2.27. The minimum absolute atomic E-state index is 0.441. The summed E-state index contributed by atoms with van der Waals surface area (Å²) in [6.45, 7) is 17.0. The van der Waals surface area contributed by atoms with Crippen LogP contribution in [-0.4, -0.2) is 140 Å². The van der Waals surface area contributed by atoms with E-state index in [1.165, 1.54) is 0 Å². The third-order valence-electron chi connectivity index (χ3n) is 5.14. The quantitative estimate of drug-likeness (QED) is 0.0722. The molecule has 246 valence electrons. The van der Waals surface area contributed by atoms with Gasteiger partial charge in [0.05, 0.1) is 131 Å². The highest BCUT2D eigenvalue weighted by Crippen LogP contribution is 2.19. The van der Waals surface area contributed by atoms with Crippen molar-refractivity contribution in [2.24, 2.45) is 0 Å². The number of para-hydroxylation sites is 2. The maximum Gasteiger partial charge on any atom is 0.183 e. The second-order valence-corrected chi connectivity index (χ2v) is 14.4. The van der Waals surface area contributed by atoms with Gasteiger partial charge in [-0.3, -0.25) is 0 Å². The Morgan fingerprint density at radius 1 is 0.429 bits per heavy atom. The van der Waals surface area contributed by atoms with Crippen LogP contribution in [-0.2, 0) is 47.1 Å². The number of rotatable bonds is 32. The Morgan fingerprint density at radius 2 is 0.714 bits per heavy atom. The molecule has 1 aromatic rings. The van der Waals surface area contributed by atoms with E-state index in [-0.39, 0.29) is 0 Å². The zero-order chi connectivity index (χ0) is 30.4. The van der Waals surface area contributed by atoms with Crippen molar-refractivity contribution in [2.75, 3.05) is 138 Å². The van der Waals surface area contributed by atoms with Crippen molar-refractivity contribution in [1.82, 2.24) is 0 Å². The van der Waals surface area contributed by atoms with E-state index in [0.29, 0.717) is 144 Å². The molecule has 0 saturated carbocycles. The van der Waals surface area contributed by atoms with Crippen LogP contribution in [0.25, 0.3) is 0 Å². The molecule has 0 amide bonds. The summed E-state index contributed by atoms with van der Waals surface area (Å²) in [5.74, 6) is 0.671. The van der Waals surface area contributed by atoms with Crippen LogP contribution in [0.5, 0.6) is 5.75 Å². The van der Waals surface area contributed by atoms with E-state index < -0.39 is 8.32 Å². The average molecular weight is 622 g/mol. The van der Waals surface area contributed by atoms with Gasteiger partial charge < -0.3 is 57.5 Å². The highest BCUT2D eigenvalue weighted by Gasteiger charge is 2.13. The van der Waals surface area contributed by atoms with E-state index >= 15 is 0 Å². The Kier molecular flexibility index (Phi) is 26.2. The Labute approximate surface area is 253 Å². The SMILES string of the molecule is C[Si](C)(C)OCCOCCOCCOCCOCCOCCOCCOCCOCCOCCOc1ccccc1N. The normalized spacial score (nSPS) is 11.8. The molecule has 0 radical (unpaired) electrons. The number of nitrogens with two attached hydrogens (primary N) is 1. The van der Waals surface area contributed by atoms with Crippen LogP contribution in [0.3, 0.4) is 0 Å². The number of ether oxygens (including phenoxy) is 10. The maximum atomic E-state index is 5.81. The summed E-state index contributed by atoms with van der Waals surface area (Å²) in [6.07, 6.45) is 0. The molecule has 0 aromatic heterocycles. The molecule has 0 fully saturated rings. The Balaban J connectivity index is 1.65. The largest absolute Gasteiger partial charge is 0.489 e. The summed E-state index contributed by atoms with van der Waals surface area (Å²) in [5, 5.41) is 0. The molecule has 0 atom stereocenters. The lowest BCUT2D eigenvalue weighted by Gasteiger charge is -2.16. The van der Waals surface area contributed by atoms with Gasteiger partial charge in [0.2, 0.25) is 0 Å². The van der Waals surface area contributed by atoms with Crippen LogP contribution in [0, 0.1) is 0 Å². The van der Waals surface area contributed by atoms with Crippen LogP contribution in [0.15, 0.2) is 24.3 Å². The molecular formula is C29H55NO11Si. The second kappa shape index (κ2) is 28.4. The predicted molar refractivity (Wildman–Crippen MR) is 163 cm³/mol. The van der Waals surface area contributed by atoms with Crippen LogP contribution in [0.4, 0.5) is 5.69 Å². The third-order valence-corrected chi connectivity index (χ3v) is 6.21. The van der Waals surface area contributed by atoms with Gasteiger partial charge in [-0.05, 0) is 31.8 Å². The van der Waals surface area contributed by atoms with Crippen molar-refractivity contribution in [1.29, 1.82) is 0 Å². The van der Waals surface area contributed by atoms with Gasteiger partial charge in [-0.15, -0.1) is 0 Å². The van der Waals surface area contributed by atoms with Crippen molar-refractivity contribution in [3.8, 4) is 5.75 Å². The van der Waals surface area contributed by atoms with Gasteiger partial charge >= 0.3 is 0 Å². The zero-order valence-electron chi connectivity index (χ0n) is 26.0. The highest BCUT2D eigenvalue weighted by atomic mass is 28.4. The van der Waals surface area contributed by atoms with Gasteiger partial charge in [-0.1, -0.05) is 12.1 Å². The summed E-state index contributed by atoms with van der Waals surface area (Å²) in [5.41, 5.74) is 6.43. The molecular weight excluding hydrogens is 566 g/mol. The van der Waals surface area contributed by atoms with Crippen LogP contribution in [0.1, 0.15) is 0 Å². The molecule has 1 aromatic carbocycles. The average Bonchev–Trinajstić information content (AvgIpc) is 2.96. The number of hydrogen-bond acceptors (Lipinski definition) is 12. The number of benzene rings is 1. The van der Waals surface area contributed by atoms with Crippen LogP contribution >= 0.6 is 0 Å². The molecule has 1 rings (SSSR count). The minimum atomic E-state index is -1.45. The number of hydrogen-bond donors (Lipinski definition) is 1. The molecule has 0 spiro atoms. The molecule has 0 bridgehead atoms. The molecule has 13 heteroatoms. The molecule has 2 N–H and O–H groups in total. The number of anilines is 1. The first-order valence-electron chi connectivity index (χ1n) is 14.8. The molecule has 0 unspecified atom stereocenters. The maximum absolute atomic E-state index is 5.81. The minimum Gasteiger partial charge on any atom is -0.489 e. The third kappa shape index (κ3) is 27.5. The first-order chi connectivity index (χ1) is 20.5. The summed E-state index contributed by atoms with van der Waals surface area (Å²) < 4.78 is 60.5. The molecule has 0 aliphatic rings. The summed E-state index contributed by atoms with van der Waals surface area (Å²) in [6, 6.07) is 7.38. The topological polar surface area (TPSA) is 128 Å². The highest BCUT2D eigenvalue weighted by molar-refractivity contribution is 6.69. The summed E-state index contributed by atoms with van der Waals surface area (Å²) in [7, 11) is -1.45. The van der Waals surface area contributed by atoms with Gasteiger partial charge in [-0.2, -0.15) is 0 Å². The van der Waals surface area contributed by atoms with E-state index in [9.17, 15) is 0 Å². The smallest absolute Gasteiger partial charge is 0.183 e. The lowest BCUT2D eigenvalue weighted by molar-refractivity contribution is -0.0257. The van der Waals surface area contributed by atoms with Crippen LogP contribution in [0.2, 0.25) is 19.6 Å². The molecule has 0 aliphatic carbocycles. The van der Waals surface area contributed by atoms with E-state index in [4.69, 9.17) is 57.5 Å². The van der Waals surface area contributed by atoms with Crippen LogP contribution < -0.4 is 10.5 Å². The zero-order valence-corrected chi connectivity index (χ0v) is 27.0. The monoisotopic (exact) mass is 621 g/mol. The Bertz CT molecular complexity index is 712. The van der Waals surface area contributed by atoms with Gasteiger partial charge in [0.15, 0.2) is 8.32 Å². The number of nitrogen functional groups attached to an aromatic ring is 1. The van der Waals surface area contributed by atoms with E-state index in [1.807, 2.05) is 18.2 Å².